The molecule has 1 aliphatic heterocycles. The Bertz CT molecular complexity index is 567. The van der Waals surface area contributed by atoms with Gasteiger partial charge < -0.3 is 4.74 Å². The Morgan fingerprint density at radius 2 is 1.74 bits per heavy atom. The molecule has 1 saturated heterocycles. The molecule has 1 aromatic rings. The van der Waals surface area contributed by atoms with E-state index in [4.69, 9.17) is 4.74 Å². The zero-order valence-corrected chi connectivity index (χ0v) is 15.0. The maximum absolute atomic E-state index is 12.4. The lowest BCUT2D eigenvalue weighted by Gasteiger charge is -2.49. The average molecular weight is 316 g/mol. The van der Waals surface area contributed by atoms with Crippen molar-refractivity contribution in [1.82, 2.24) is 5.01 Å². The summed E-state index contributed by atoms with van der Waals surface area (Å²) in [5.41, 5.74) is 0.924. The molecule has 1 fully saturated rings. The van der Waals surface area contributed by atoms with Crippen LogP contribution in [0.5, 0.6) is 0 Å². The lowest BCUT2D eigenvalue weighted by molar-refractivity contribution is -0.186. The van der Waals surface area contributed by atoms with E-state index in [2.05, 4.69) is 46.6 Å². The van der Waals surface area contributed by atoms with Gasteiger partial charge in [-0.25, -0.2) is 5.01 Å². The molecule has 0 aliphatic carbocycles. The van der Waals surface area contributed by atoms with Gasteiger partial charge in [-0.1, -0.05) is 71.9 Å². The topological polar surface area (TPSA) is 41.9 Å². The van der Waals surface area contributed by atoms with Crippen molar-refractivity contribution in [3.8, 4) is 0 Å². The van der Waals surface area contributed by atoms with Crippen LogP contribution in [0.25, 0.3) is 0 Å². The zero-order valence-electron chi connectivity index (χ0n) is 15.0. The van der Waals surface area contributed by atoms with E-state index in [1.54, 1.807) is 5.01 Å². The number of hydrogen-bond donors (Lipinski definition) is 0. The van der Waals surface area contributed by atoms with Gasteiger partial charge >= 0.3 is 0 Å². The Morgan fingerprint density at radius 3 is 2.26 bits per heavy atom. The molecule has 1 heterocycles. The second-order valence-corrected chi connectivity index (χ2v) is 8.32. The van der Waals surface area contributed by atoms with E-state index in [1.165, 1.54) is 0 Å². The summed E-state index contributed by atoms with van der Waals surface area (Å²) >= 11 is 0. The summed E-state index contributed by atoms with van der Waals surface area (Å²) in [6.07, 6.45) is 1.41. The first kappa shape index (κ1) is 17.7. The standard InChI is InChI=1S/C19H28N2O2/c1-18(2,3)13-20-21-16(19(4,5)6)15(17(21)22)23-12-14-10-8-7-9-11-14/h7-11,13,15-16H,12H2,1-6H3/b20-13-/t15-,16-/m0/s1. The summed E-state index contributed by atoms with van der Waals surface area (Å²) in [5.74, 6) is -0.0543. The van der Waals surface area contributed by atoms with Gasteiger partial charge in [0.15, 0.2) is 6.10 Å². The summed E-state index contributed by atoms with van der Waals surface area (Å²) < 4.78 is 5.91. The van der Waals surface area contributed by atoms with Crippen LogP contribution in [0.1, 0.15) is 47.1 Å². The number of carbonyl (C=O) groups excluding carboxylic acids is 1. The third-order valence-corrected chi connectivity index (χ3v) is 3.75. The molecule has 1 amide bonds. The Balaban J connectivity index is 2.08. The van der Waals surface area contributed by atoms with Crippen molar-refractivity contribution in [2.45, 2.75) is 60.3 Å². The van der Waals surface area contributed by atoms with Crippen molar-refractivity contribution in [1.29, 1.82) is 0 Å². The maximum atomic E-state index is 12.4. The van der Waals surface area contributed by atoms with Crippen LogP contribution in [0.3, 0.4) is 0 Å². The first-order valence-corrected chi connectivity index (χ1v) is 8.13. The number of nitrogens with zero attached hydrogens (tertiary/aromatic N) is 2. The minimum Gasteiger partial charge on any atom is -0.361 e. The number of rotatable bonds is 4. The summed E-state index contributed by atoms with van der Waals surface area (Å²) in [7, 11) is 0. The van der Waals surface area contributed by atoms with Crippen LogP contribution >= 0.6 is 0 Å². The highest BCUT2D eigenvalue weighted by Crippen LogP contribution is 2.37. The van der Waals surface area contributed by atoms with Gasteiger partial charge in [0.25, 0.3) is 5.91 Å². The molecule has 4 heteroatoms. The number of β-lactam (4-membered cyclic amide) rings is 1. The molecule has 0 N–H and O–H groups in total. The molecule has 0 aromatic heterocycles. The fraction of sp³-hybridized carbons (Fsp3) is 0.579. The SMILES string of the molecule is CC(C)(C)/C=N\N1C(=O)[C@@H](OCc2ccccc2)[C@H]1C(C)(C)C. The fourth-order valence-corrected chi connectivity index (χ4v) is 2.56. The summed E-state index contributed by atoms with van der Waals surface area (Å²) in [6, 6.07) is 9.89. The van der Waals surface area contributed by atoms with Crippen LogP contribution in [0, 0.1) is 10.8 Å². The van der Waals surface area contributed by atoms with Crippen LogP contribution in [-0.2, 0) is 16.1 Å². The molecule has 0 bridgehead atoms. The Kier molecular flexibility index (Phi) is 4.95. The molecular formula is C19H28N2O2. The van der Waals surface area contributed by atoms with Gasteiger partial charge in [0.1, 0.15) is 0 Å². The normalized spacial score (nSPS) is 22.5. The lowest BCUT2D eigenvalue weighted by Crippen LogP contribution is -2.68. The van der Waals surface area contributed by atoms with Gasteiger partial charge in [-0.2, -0.15) is 5.10 Å². The predicted molar refractivity (Wildman–Crippen MR) is 93.1 cm³/mol. The van der Waals surface area contributed by atoms with Crippen molar-refractivity contribution in [2.24, 2.45) is 15.9 Å². The van der Waals surface area contributed by atoms with E-state index in [0.29, 0.717) is 6.61 Å². The van der Waals surface area contributed by atoms with Crippen molar-refractivity contribution in [2.75, 3.05) is 0 Å². The lowest BCUT2D eigenvalue weighted by atomic mass is 9.78. The summed E-state index contributed by atoms with van der Waals surface area (Å²) in [6.45, 7) is 13.0. The minimum absolute atomic E-state index is 0.0442. The summed E-state index contributed by atoms with van der Waals surface area (Å²) in [4.78, 5) is 12.4. The highest BCUT2D eigenvalue weighted by Gasteiger charge is 2.54. The Morgan fingerprint density at radius 1 is 1.13 bits per heavy atom. The van der Waals surface area contributed by atoms with Crippen molar-refractivity contribution >= 4 is 12.1 Å². The summed E-state index contributed by atoms with van der Waals surface area (Å²) in [5, 5.41) is 6.00. The third-order valence-electron chi connectivity index (χ3n) is 3.75. The Labute approximate surface area is 139 Å². The van der Waals surface area contributed by atoms with E-state index < -0.39 is 6.10 Å². The second kappa shape index (κ2) is 6.44. The molecule has 0 spiro atoms. The predicted octanol–water partition coefficient (Wildman–Crippen LogP) is 3.86. The number of ether oxygens (including phenoxy) is 1. The quantitative estimate of drug-likeness (QED) is 0.625. The van der Waals surface area contributed by atoms with Crippen LogP contribution in [0.15, 0.2) is 35.4 Å². The molecule has 1 aliphatic rings. The average Bonchev–Trinajstić information content (AvgIpc) is 2.43. The Hall–Kier alpha value is -1.68. The van der Waals surface area contributed by atoms with Gasteiger partial charge in [0.2, 0.25) is 0 Å². The second-order valence-electron chi connectivity index (χ2n) is 8.32. The van der Waals surface area contributed by atoms with Gasteiger partial charge in [-0.05, 0) is 16.4 Å². The van der Waals surface area contributed by atoms with E-state index >= 15 is 0 Å². The molecule has 0 unspecified atom stereocenters. The zero-order chi connectivity index (χ0) is 17.3. The molecule has 0 saturated carbocycles. The van der Waals surface area contributed by atoms with Gasteiger partial charge in [-0.3, -0.25) is 4.79 Å². The molecule has 2 rings (SSSR count). The van der Waals surface area contributed by atoms with E-state index in [1.807, 2.05) is 36.5 Å². The van der Waals surface area contributed by atoms with Crippen molar-refractivity contribution < 1.29 is 9.53 Å². The van der Waals surface area contributed by atoms with E-state index in [0.717, 1.165) is 5.56 Å². The molecule has 1 aromatic carbocycles. The first-order valence-electron chi connectivity index (χ1n) is 8.13. The number of hydrogen-bond acceptors (Lipinski definition) is 3. The van der Waals surface area contributed by atoms with Crippen LogP contribution < -0.4 is 0 Å². The molecule has 23 heavy (non-hydrogen) atoms. The number of carbonyl (C=O) groups is 1. The van der Waals surface area contributed by atoms with Crippen molar-refractivity contribution in [3.63, 3.8) is 0 Å². The van der Waals surface area contributed by atoms with Crippen LogP contribution in [0.4, 0.5) is 0 Å². The van der Waals surface area contributed by atoms with Crippen LogP contribution in [-0.4, -0.2) is 29.3 Å². The highest BCUT2D eigenvalue weighted by atomic mass is 16.5. The number of benzene rings is 1. The molecule has 0 radical (unpaired) electrons. The first-order chi connectivity index (χ1) is 10.6. The molecule has 4 nitrogen and oxygen atoms in total. The fourth-order valence-electron chi connectivity index (χ4n) is 2.56. The van der Waals surface area contributed by atoms with Crippen molar-refractivity contribution in [3.05, 3.63) is 35.9 Å². The van der Waals surface area contributed by atoms with Gasteiger partial charge in [-0.15, -0.1) is 0 Å². The van der Waals surface area contributed by atoms with Gasteiger partial charge in [0, 0.05) is 6.21 Å². The minimum atomic E-state index is -0.424. The van der Waals surface area contributed by atoms with E-state index in [9.17, 15) is 4.79 Å². The molecule has 126 valence electrons. The number of amides is 1. The maximum Gasteiger partial charge on any atom is 0.274 e. The van der Waals surface area contributed by atoms with E-state index in [-0.39, 0.29) is 22.8 Å². The highest BCUT2D eigenvalue weighted by molar-refractivity contribution is 5.89. The van der Waals surface area contributed by atoms with Crippen LogP contribution in [0.2, 0.25) is 0 Å². The third kappa shape index (κ3) is 4.41. The van der Waals surface area contributed by atoms with Gasteiger partial charge in [0.05, 0.1) is 12.6 Å². The number of hydrazone groups is 1. The largest absolute Gasteiger partial charge is 0.361 e. The molecule has 2 atom stereocenters. The monoisotopic (exact) mass is 316 g/mol. The molecular weight excluding hydrogens is 288 g/mol. The smallest absolute Gasteiger partial charge is 0.274 e.